The van der Waals surface area contributed by atoms with Crippen molar-refractivity contribution in [2.45, 2.75) is 44.6 Å². The average Bonchev–Trinajstić information content (AvgIpc) is 3.65. The topological polar surface area (TPSA) is 132 Å². The molecule has 0 bridgehead atoms. The molecule has 1 saturated heterocycles. The molecule has 1 aliphatic carbocycles. The molecular weight excluding hydrogens is 504 g/mol. The highest BCUT2D eigenvalue weighted by atomic mass is 19.1. The molecule has 1 amide bonds. The molecule has 1 saturated carbocycles. The fraction of sp³-hybridized carbons (Fsp3) is 0.357. The Labute approximate surface area is 225 Å². The van der Waals surface area contributed by atoms with E-state index in [1.807, 2.05) is 6.21 Å². The summed E-state index contributed by atoms with van der Waals surface area (Å²) >= 11 is 0. The normalized spacial score (nSPS) is 15.4. The first-order valence-electron chi connectivity index (χ1n) is 13.1. The van der Waals surface area contributed by atoms with E-state index in [0.29, 0.717) is 16.1 Å². The minimum atomic E-state index is -0.965. The Morgan fingerprint density at radius 1 is 1.00 bits per heavy atom. The van der Waals surface area contributed by atoms with Gasteiger partial charge in [0.15, 0.2) is 11.6 Å². The number of anilines is 3. The molecule has 0 atom stereocenters. The lowest BCUT2D eigenvalue weighted by atomic mass is 10.1. The Kier molecular flexibility index (Phi) is 9.03. The number of aromatic nitrogens is 2. The Morgan fingerprint density at radius 2 is 1.67 bits per heavy atom. The summed E-state index contributed by atoms with van der Waals surface area (Å²) in [6.07, 6.45) is 8.28. The molecule has 2 fully saturated rings. The zero-order valence-corrected chi connectivity index (χ0v) is 21.9. The number of halogens is 2. The highest BCUT2D eigenvalue weighted by Gasteiger charge is 2.24. The zero-order chi connectivity index (χ0) is 27.9. The number of carbonyl (C=O) groups is 1. The molecule has 3 aromatic rings. The number of para-hydroxylation sites is 1. The van der Waals surface area contributed by atoms with Gasteiger partial charge in [-0.3, -0.25) is 14.6 Å². The molecule has 0 spiro atoms. The van der Waals surface area contributed by atoms with Gasteiger partial charge in [-0.1, -0.05) is 18.9 Å². The number of hydrogen-bond donors (Lipinski definition) is 3. The van der Waals surface area contributed by atoms with Crippen LogP contribution in [0.1, 0.15) is 54.6 Å². The monoisotopic (exact) mass is 537 g/mol. The Hall–Kier alpha value is -4.12. The van der Waals surface area contributed by atoms with E-state index >= 15 is 0 Å². The van der Waals surface area contributed by atoms with E-state index in [1.165, 1.54) is 32.0 Å². The van der Waals surface area contributed by atoms with Gasteiger partial charge in [0.05, 0.1) is 11.4 Å². The molecule has 11 heteroatoms. The van der Waals surface area contributed by atoms with Crippen molar-refractivity contribution in [2.75, 3.05) is 36.1 Å². The van der Waals surface area contributed by atoms with E-state index in [4.69, 9.17) is 10.7 Å². The summed E-state index contributed by atoms with van der Waals surface area (Å²) in [5.41, 5.74) is 11.9. The number of amides is 1. The van der Waals surface area contributed by atoms with Gasteiger partial charge in [-0.15, -0.1) is 0 Å². The quantitative estimate of drug-likeness (QED) is 0.323. The second kappa shape index (κ2) is 12.6. The van der Waals surface area contributed by atoms with E-state index in [1.54, 1.807) is 12.1 Å². The summed E-state index contributed by atoms with van der Waals surface area (Å²) in [4.78, 5) is 32.5. The summed E-state index contributed by atoms with van der Waals surface area (Å²) in [5, 5.41) is 6.83. The summed E-state index contributed by atoms with van der Waals surface area (Å²) in [5.74, 6) is -2.56. The van der Waals surface area contributed by atoms with Crippen molar-refractivity contribution < 1.29 is 13.6 Å². The SMILES string of the molecule is CN.Nc1ccc(NC(=O)c2ccc(=O)n(-c3c(F)cccc3F)n2)c(N2CCCC2)c1C=NC1CCCC1. The molecule has 2 aliphatic rings. The van der Waals surface area contributed by atoms with E-state index in [0.717, 1.165) is 68.2 Å². The van der Waals surface area contributed by atoms with Gasteiger partial charge >= 0.3 is 0 Å². The van der Waals surface area contributed by atoms with Crippen LogP contribution in [0.3, 0.4) is 0 Å². The third-order valence-corrected chi connectivity index (χ3v) is 6.84. The number of nitrogens with two attached hydrogens (primary N) is 2. The molecule has 39 heavy (non-hydrogen) atoms. The molecule has 2 aromatic carbocycles. The molecule has 1 aromatic heterocycles. The maximum atomic E-state index is 14.3. The first-order chi connectivity index (χ1) is 18.9. The smallest absolute Gasteiger partial charge is 0.276 e. The summed E-state index contributed by atoms with van der Waals surface area (Å²) < 4.78 is 29.2. The second-order valence-electron chi connectivity index (χ2n) is 9.37. The zero-order valence-electron chi connectivity index (χ0n) is 21.9. The lowest BCUT2D eigenvalue weighted by Crippen LogP contribution is -2.27. The number of nitrogen functional groups attached to an aromatic ring is 1. The fourth-order valence-corrected chi connectivity index (χ4v) is 4.95. The van der Waals surface area contributed by atoms with Crippen molar-refractivity contribution in [3.63, 3.8) is 0 Å². The van der Waals surface area contributed by atoms with E-state index in [2.05, 4.69) is 21.0 Å². The Bertz CT molecular complexity index is 1390. The van der Waals surface area contributed by atoms with Crippen LogP contribution in [0, 0.1) is 11.6 Å². The van der Waals surface area contributed by atoms with Crippen molar-refractivity contribution in [3.05, 3.63) is 75.7 Å². The summed E-state index contributed by atoms with van der Waals surface area (Å²) in [6, 6.07) is 9.21. The van der Waals surface area contributed by atoms with Gasteiger partial charge in [-0.05, 0) is 63.1 Å². The lowest BCUT2D eigenvalue weighted by Gasteiger charge is -2.25. The van der Waals surface area contributed by atoms with Gasteiger partial charge in [0, 0.05) is 42.7 Å². The van der Waals surface area contributed by atoms with Crippen LogP contribution >= 0.6 is 0 Å². The van der Waals surface area contributed by atoms with Gasteiger partial charge in [-0.25, -0.2) is 8.78 Å². The van der Waals surface area contributed by atoms with Crippen LogP contribution in [0.5, 0.6) is 0 Å². The predicted octanol–water partition coefficient (Wildman–Crippen LogP) is 3.88. The van der Waals surface area contributed by atoms with Crippen molar-refractivity contribution >= 4 is 29.2 Å². The van der Waals surface area contributed by atoms with Crippen molar-refractivity contribution in [2.24, 2.45) is 10.7 Å². The van der Waals surface area contributed by atoms with E-state index in [-0.39, 0.29) is 11.7 Å². The highest BCUT2D eigenvalue weighted by molar-refractivity contribution is 6.08. The molecule has 1 aliphatic heterocycles. The molecule has 5 rings (SSSR count). The molecule has 206 valence electrons. The van der Waals surface area contributed by atoms with Gasteiger partial charge in [0.2, 0.25) is 0 Å². The van der Waals surface area contributed by atoms with Crippen molar-refractivity contribution in [1.82, 2.24) is 9.78 Å². The van der Waals surface area contributed by atoms with Crippen LogP contribution in [0.15, 0.2) is 52.3 Å². The van der Waals surface area contributed by atoms with Gasteiger partial charge in [0.25, 0.3) is 11.5 Å². The van der Waals surface area contributed by atoms with E-state index < -0.39 is 28.8 Å². The molecule has 0 unspecified atom stereocenters. The predicted molar refractivity (Wildman–Crippen MR) is 150 cm³/mol. The highest BCUT2D eigenvalue weighted by Crippen LogP contribution is 2.36. The number of rotatable bonds is 6. The molecule has 0 radical (unpaired) electrons. The largest absolute Gasteiger partial charge is 0.398 e. The third kappa shape index (κ3) is 6.14. The maximum absolute atomic E-state index is 14.3. The summed E-state index contributed by atoms with van der Waals surface area (Å²) in [6.45, 7) is 1.62. The van der Waals surface area contributed by atoms with Crippen LogP contribution < -0.4 is 27.2 Å². The van der Waals surface area contributed by atoms with Crippen molar-refractivity contribution in [1.29, 1.82) is 0 Å². The van der Waals surface area contributed by atoms with Crippen molar-refractivity contribution in [3.8, 4) is 5.69 Å². The lowest BCUT2D eigenvalue weighted by molar-refractivity contribution is 0.102. The molecule has 2 heterocycles. The minimum absolute atomic E-state index is 0.173. The number of nitrogens with one attached hydrogen (secondary N) is 1. The molecule has 9 nitrogen and oxygen atoms in total. The van der Waals surface area contributed by atoms with Crippen LogP contribution in [-0.4, -0.2) is 48.1 Å². The van der Waals surface area contributed by atoms with E-state index in [9.17, 15) is 18.4 Å². The van der Waals surface area contributed by atoms with Gasteiger partial charge < -0.3 is 21.7 Å². The van der Waals surface area contributed by atoms with Crippen LogP contribution in [-0.2, 0) is 0 Å². The Balaban J connectivity index is 0.00000172. The number of hydrogen-bond acceptors (Lipinski definition) is 7. The molecular formula is C28H33F2N7O2. The maximum Gasteiger partial charge on any atom is 0.276 e. The van der Waals surface area contributed by atoms with Gasteiger partial charge in [-0.2, -0.15) is 9.78 Å². The van der Waals surface area contributed by atoms with Crippen LogP contribution in [0.4, 0.5) is 25.8 Å². The minimum Gasteiger partial charge on any atom is -0.398 e. The van der Waals surface area contributed by atoms with Gasteiger partial charge in [0.1, 0.15) is 11.4 Å². The average molecular weight is 538 g/mol. The first-order valence-corrected chi connectivity index (χ1v) is 13.1. The summed E-state index contributed by atoms with van der Waals surface area (Å²) in [7, 11) is 1.50. The number of benzene rings is 2. The Morgan fingerprint density at radius 3 is 2.33 bits per heavy atom. The second-order valence-corrected chi connectivity index (χ2v) is 9.37. The first kappa shape index (κ1) is 27.9. The standard InChI is InChI=1S/C27H28F2N6O2.CH5N/c28-19-8-5-9-20(29)26(19)35-24(36)13-12-23(33-35)27(37)32-22-11-10-21(30)18(16-31-17-6-1-2-7-17)25(22)34-14-3-4-15-34;1-2/h5,8-13,16-17H,1-4,6-7,14-15,30H2,(H,32,37);2H2,1H3. The van der Waals surface area contributed by atoms with Crippen LogP contribution in [0.25, 0.3) is 5.69 Å². The number of carbonyl (C=O) groups excluding carboxylic acids is 1. The number of aliphatic imine (C=N–C) groups is 1. The number of nitrogens with zero attached hydrogens (tertiary/aromatic N) is 4. The molecule has 5 N–H and O–H groups in total. The fourth-order valence-electron chi connectivity index (χ4n) is 4.95. The third-order valence-electron chi connectivity index (χ3n) is 6.84. The van der Waals surface area contributed by atoms with Crippen LogP contribution in [0.2, 0.25) is 0 Å².